The van der Waals surface area contributed by atoms with Crippen molar-refractivity contribution < 1.29 is 78.8 Å². The third-order valence-corrected chi connectivity index (χ3v) is 8.23. The number of fused-ring (bicyclic) bond motifs is 3. The molecule has 4 aliphatic heterocycles. The van der Waals surface area contributed by atoms with E-state index in [1.165, 1.54) is 7.11 Å². The fourth-order valence-corrected chi connectivity index (χ4v) is 5.91. The van der Waals surface area contributed by atoms with Crippen molar-refractivity contribution in [3.05, 3.63) is 11.8 Å². The second-order valence-electron chi connectivity index (χ2n) is 10.5. The summed E-state index contributed by atoms with van der Waals surface area (Å²) < 4.78 is 38.3. The van der Waals surface area contributed by atoms with Crippen LogP contribution in [0.2, 0.25) is 0 Å². The third-order valence-electron chi connectivity index (χ3n) is 8.23. The van der Waals surface area contributed by atoms with Gasteiger partial charge in [-0.1, -0.05) is 0 Å². The lowest BCUT2D eigenvalue weighted by Gasteiger charge is -2.44. The zero-order valence-corrected chi connectivity index (χ0v) is 21.0. The molecule has 5 aliphatic rings. The molecule has 1 saturated carbocycles. The minimum atomic E-state index is -1.78. The quantitative estimate of drug-likeness (QED) is 0.106. The van der Waals surface area contributed by atoms with Crippen LogP contribution in [-0.4, -0.2) is 153 Å². The first kappa shape index (κ1) is 29.0. The lowest BCUT2D eigenvalue weighted by Crippen LogP contribution is -2.62. The Morgan fingerprint density at radius 1 is 0.872 bits per heavy atom. The first-order chi connectivity index (χ1) is 18.4. The maximum absolute atomic E-state index is 12.3. The minimum absolute atomic E-state index is 0.0817. The standard InChI is InChI=1S/C23H34O16/c1-23-10-9(13(27)18(23)39-23)6(19(32)33-2)4-34-20(10)38-22-17(31)15(29)12(26)8(37-22)5-35-21-16(30)14(28)11(25)7(3-24)36-21/h4,7-18,20-22,24-31H,3,5H2,1-2H3/t7-,8-,9-,10-,11-,12-,13+,14+,15+,16-,17-,18+,20+,21-,22+,23-/m1/s1. The highest BCUT2D eigenvalue weighted by molar-refractivity contribution is 5.89. The molecule has 0 aromatic carbocycles. The third kappa shape index (κ3) is 4.76. The Balaban J connectivity index is 1.28. The second kappa shape index (κ2) is 10.7. The molecule has 5 rings (SSSR count). The Bertz CT molecular complexity index is 945. The van der Waals surface area contributed by atoms with Gasteiger partial charge in [0.05, 0.1) is 44.2 Å². The molecule has 0 amide bonds. The van der Waals surface area contributed by atoms with Gasteiger partial charge in [0.25, 0.3) is 0 Å². The molecule has 16 atom stereocenters. The topological polar surface area (TPSA) is 247 Å². The Labute approximate surface area is 221 Å². The van der Waals surface area contributed by atoms with Crippen LogP contribution in [0.15, 0.2) is 11.8 Å². The van der Waals surface area contributed by atoms with E-state index in [1.807, 2.05) is 0 Å². The van der Waals surface area contributed by atoms with Crippen molar-refractivity contribution in [1.82, 2.24) is 0 Å². The van der Waals surface area contributed by atoms with Crippen molar-refractivity contribution in [3.8, 4) is 0 Å². The number of aliphatic hydroxyl groups is 8. The summed E-state index contributed by atoms with van der Waals surface area (Å²) in [6.07, 6.45) is -17.7. The van der Waals surface area contributed by atoms with E-state index in [1.54, 1.807) is 6.92 Å². The van der Waals surface area contributed by atoms with Crippen molar-refractivity contribution in [2.24, 2.45) is 11.8 Å². The van der Waals surface area contributed by atoms with Gasteiger partial charge in [-0.25, -0.2) is 4.79 Å². The molecule has 4 heterocycles. The van der Waals surface area contributed by atoms with Crippen LogP contribution in [0.25, 0.3) is 0 Å². The van der Waals surface area contributed by atoms with Gasteiger partial charge in [0.2, 0.25) is 6.29 Å². The molecule has 0 bridgehead atoms. The lowest BCUT2D eigenvalue weighted by molar-refractivity contribution is -0.355. The fourth-order valence-electron chi connectivity index (χ4n) is 5.91. The van der Waals surface area contributed by atoms with Crippen LogP contribution >= 0.6 is 0 Å². The van der Waals surface area contributed by atoms with Gasteiger partial charge < -0.3 is 74.0 Å². The Hall–Kier alpha value is -1.51. The van der Waals surface area contributed by atoms with Crippen molar-refractivity contribution >= 4 is 5.97 Å². The number of esters is 1. The molecule has 8 N–H and O–H groups in total. The summed E-state index contributed by atoms with van der Waals surface area (Å²) in [7, 11) is 1.19. The molecule has 0 aromatic rings. The molecular weight excluding hydrogens is 532 g/mol. The van der Waals surface area contributed by atoms with Crippen molar-refractivity contribution in [2.45, 2.75) is 92.4 Å². The van der Waals surface area contributed by atoms with E-state index in [0.717, 1.165) is 6.26 Å². The van der Waals surface area contributed by atoms with Crippen LogP contribution in [-0.2, 0) is 38.0 Å². The SMILES string of the molecule is COC(=O)C1=CO[C@@H](O[C@@H]2O[C@H](CO[C@@H]3O[C@H](CO)[C@@H](O)[C@H](O)[C@H]3O)[C@@H](O)[C@H](O)[C@H]2O)[C@H]2[C@@H]1[C@H](O)[C@@H]1O[C@]21C. The van der Waals surface area contributed by atoms with E-state index in [0.29, 0.717) is 0 Å². The van der Waals surface area contributed by atoms with Crippen LogP contribution < -0.4 is 0 Å². The normalized spacial score (nSPS) is 52.8. The van der Waals surface area contributed by atoms with Crippen LogP contribution in [0.3, 0.4) is 0 Å². The van der Waals surface area contributed by atoms with Gasteiger partial charge in [0.15, 0.2) is 12.6 Å². The number of aliphatic hydroxyl groups excluding tert-OH is 8. The van der Waals surface area contributed by atoms with Gasteiger partial charge >= 0.3 is 5.97 Å². The Kier molecular flexibility index (Phi) is 7.97. The molecule has 3 saturated heterocycles. The highest BCUT2D eigenvalue weighted by Gasteiger charge is 2.75. The average Bonchev–Trinajstić information content (AvgIpc) is 3.57. The smallest absolute Gasteiger partial charge is 0.337 e. The number of carbonyl (C=O) groups excluding carboxylic acids is 1. The van der Waals surface area contributed by atoms with E-state index in [9.17, 15) is 45.6 Å². The van der Waals surface area contributed by atoms with Gasteiger partial charge in [-0.3, -0.25) is 0 Å². The number of hydrogen-bond donors (Lipinski definition) is 8. The van der Waals surface area contributed by atoms with Crippen molar-refractivity contribution in [2.75, 3.05) is 20.3 Å². The lowest BCUT2D eigenvalue weighted by atomic mass is 9.81. The van der Waals surface area contributed by atoms with Crippen LogP contribution in [0.4, 0.5) is 0 Å². The first-order valence-electron chi connectivity index (χ1n) is 12.5. The van der Waals surface area contributed by atoms with Gasteiger partial charge in [-0.15, -0.1) is 0 Å². The van der Waals surface area contributed by atoms with Gasteiger partial charge in [0, 0.05) is 5.92 Å². The van der Waals surface area contributed by atoms with Gasteiger partial charge in [-0.2, -0.15) is 0 Å². The molecule has 0 aromatic heterocycles. The summed E-state index contributed by atoms with van der Waals surface area (Å²) in [5, 5.41) is 81.6. The van der Waals surface area contributed by atoms with Crippen molar-refractivity contribution in [1.29, 1.82) is 0 Å². The van der Waals surface area contributed by atoms with Gasteiger partial charge in [-0.05, 0) is 6.92 Å². The monoisotopic (exact) mass is 566 g/mol. The van der Waals surface area contributed by atoms with E-state index >= 15 is 0 Å². The summed E-state index contributed by atoms with van der Waals surface area (Å²) in [6, 6.07) is 0. The highest BCUT2D eigenvalue weighted by atomic mass is 16.8. The summed E-state index contributed by atoms with van der Waals surface area (Å²) in [4.78, 5) is 12.3. The van der Waals surface area contributed by atoms with E-state index in [4.69, 9.17) is 33.2 Å². The molecule has 222 valence electrons. The number of epoxide rings is 1. The number of ether oxygens (including phenoxy) is 7. The molecule has 16 nitrogen and oxygen atoms in total. The summed E-state index contributed by atoms with van der Waals surface area (Å²) in [6.45, 7) is 0.487. The fraction of sp³-hybridized carbons (Fsp3) is 0.870. The summed E-state index contributed by atoms with van der Waals surface area (Å²) >= 11 is 0. The largest absolute Gasteiger partial charge is 0.471 e. The summed E-state index contributed by atoms with van der Waals surface area (Å²) in [5.74, 6) is -2.22. The van der Waals surface area contributed by atoms with Crippen molar-refractivity contribution in [3.63, 3.8) is 0 Å². The molecule has 0 spiro atoms. The Morgan fingerprint density at radius 3 is 2.13 bits per heavy atom. The molecule has 4 fully saturated rings. The molecular formula is C23H34O16. The molecule has 16 heteroatoms. The zero-order valence-electron chi connectivity index (χ0n) is 21.0. The first-order valence-corrected chi connectivity index (χ1v) is 12.5. The van der Waals surface area contributed by atoms with E-state index < -0.39 is 117 Å². The maximum atomic E-state index is 12.3. The predicted octanol–water partition coefficient (Wildman–Crippen LogP) is -5.20. The van der Waals surface area contributed by atoms with Crippen LogP contribution in [0.1, 0.15) is 6.92 Å². The van der Waals surface area contributed by atoms with Crippen LogP contribution in [0, 0.1) is 11.8 Å². The maximum Gasteiger partial charge on any atom is 0.337 e. The minimum Gasteiger partial charge on any atom is -0.471 e. The number of rotatable bonds is 7. The zero-order chi connectivity index (χ0) is 28.4. The highest BCUT2D eigenvalue weighted by Crippen LogP contribution is 2.61. The Morgan fingerprint density at radius 2 is 1.49 bits per heavy atom. The van der Waals surface area contributed by atoms with E-state index in [2.05, 4.69) is 0 Å². The molecule has 39 heavy (non-hydrogen) atoms. The molecule has 1 aliphatic carbocycles. The molecule has 0 radical (unpaired) electrons. The predicted molar refractivity (Wildman–Crippen MR) is 119 cm³/mol. The molecule has 0 unspecified atom stereocenters. The van der Waals surface area contributed by atoms with Crippen LogP contribution in [0.5, 0.6) is 0 Å². The summed E-state index contributed by atoms with van der Waals surface area (Å²) in [5.41, 5.74) is -0.843. The van der Waals surface area contributed by atoms with E-state index in [-0.39, 0.29) is 5.57 Å². The average molecular weight is 567 g/mol. The number of carbonyl (C=O) groups is 1. The number of hydrogen-bond acceptors (Lipinski definition) is 16. The number of methoxy groups -OCH3 is 1. The van der Waals surface area contributed by atoms with Gasteiger partial charge in [0.1, 0.15) is 60.5 Å². The second-order valence-corrected chi connectivity index (χ2v) is 10.5.